The number of hydrogen-bond acceptors (Lipinski definition) is 6. The van der Waals surface area contributed by atoms with Crippen LogP contribution in [0.4, 0.5) is 10.5 Å². The highest BCUT2D eigenvalue weighted by molar-refractivity contribution is 6.32. The number of nitrogens with one attached hydrogen (secondary N) is 2. The maximum Gasteiger partial charge on any atom is 0.335 e. The van der Waals surface area contributed by atoms with Crippen LogP contribution in [0.1, 0.15) is 10.4 Å². The van der Waals surface area contributed by atoms with E-state index in [0.717, 1.165) is 11.1 Å². The molecule has 0 aromatic heterocycles. The predicted octanol–water partition coefficient (Wildman–Crippen LogP) is 1.31. The van der Waals surface area contributed by atoms with E-state index in [4.69, 9.17) is 4.74 Å². The van der Waals surface area contributed by atoms with Crippen LogP contribution in [0.15, 0.2) is 59.7 Å². The van der Waals surface area contributed by atoms with E-state index in [1.807, 2.05) is 0 Å². The lowest BCUT2D eigenvalue weighted by atomic mass is 10.1. The van der Waals surface area contributed by atoms with Crippen molar-refractivity contribution in [3.8, 4) is 5.75 Å². The molecule has 9 nitrogen and oxygen atoms in total. The second kappa shape index (κ2) is 8.12. The van der Waals surface area contributed by atoms with Crippen molar-refractivity contribution in [1.82, 2.24) is 10.7 Å². The van der Waals surface area contributed by atoms with Gasteiger partial charge in [-0.3, -0.25) is 19.7 Å². The first kappa shape index (κ1) is 18.8. The smallest absolute Gasteiger partial charge is 0.335 e. The summed E-state index contributed by atoms with van der Waals surface area (Å²) in [5, 5.41) is 5.79. The number of imide groups is 2. The number of barbiturate groups is 1. The molecule has 1 heterocycles. The van der Waals surface area contributed by atoms with Crippen LogP contribution in [-0.2, 0) is 9.59 Å². The number of anilines is 1. The third-order valence-electron chi connectivity index (χ3n) is 3.94. The summed E-state index contributed by atoms with van der Waals surface area (Å²) in [4.78, 5) is 49.7. The summed E-state index contributed by atoms with van der Waals surface area (Å²) in [5.41, 5.74) is 2.85. The molecular formula is C19H16N4O5. The molecule has 0 radical (unpaired) electrons. The van der Waals surface area contributed by atoms with Gasteiger partial charge in [0.15, 0.2) is 5.92 Å². The monoisotopic (exact) mass is 380 g/mol. The van der Waals surface area contributed by atoms with Crippen LogP contribution in [0.2, 0.25) is 0 Å². The van der Waals surface area contributed by atoms with Crippen LogP contribution in [0.25, 0.3) is 0 Å². The van der Waals surface area contributed by atoms with Gasteiger partial charge in [0.05, 0.1) is 12.8 Å². The molecule has 0 bridgehead atoms. The first-order valence-corrected chi connectivity index (χ1v) is 8.22. The van der Waals surface area contributed by atoms with Gasteiger partial charge in [-0.25, -0.2) is 15.1 Å². The van der Waals surface area contributed by atoms with Crippen LogP contribution in [0.3, 0.4) is 0 Å². The molecule has 142 valence electrons. The Bertz CT molecular complexity index is 958. The third-order valence-corrected chi connectivity index (χ3v) is 3.94. The normalized spacial score (nSPS) is 16.8. The van der Waals surface area contributed by atoms with Crippen molar-refractivity contribution in [3.05, 3.63) is 60.2 Å². The molecule has 1 atom stereocenters. The first-order valence-electron chi connectivity index (χ1n) is 8.22. The largest absolute Gasteiger partial charge is 0.497 e. The van der Waals surface area contributed by atoms with E-state index < -0.39 is 29.7 Å². The number of carbonyl (C=O) groups is 4. The lowest BCUT2D eigenvalue weighted by Crippen LogP contribution is -2.58. The number of urea groups is 1. The van der Waals surface area contributed by atoms with Crippen molar-refractivity contribution < 1.29 is 23.9 Å². The number of methoxy groups -OCH3 is 1. The van der Waals surface area contributed by atoms with Gasteiger partial charge in [-0.1, -0.05) is 24.3 Å². The molecule has 1 saturated heterocycles. The van der Waals surface area contributed by atoms with Crippen molar-refractivity contribution in [3.63, 3.8) is 0 Å². The molecule has 3 rings (SSSR count). The van der Waals surface area contributed by atoms with Gasteiger partial charge in [-0.15, -0.1) is 0 Å². The summed E-state index contributed by atoms with van der Waals surface area (Å²) in [5.74, 6) is -3.05. The standard InChI is InChI=1S/C19H16N4O5/c1-28-14-9-5-8-13(10-14)23-18(26)15(17(25)21-19(23)27)11-20-22-16(24)12-6-3-2-4-7-12/h2-11,15H,1H3,(H,22,24)(H,21,25,27)/b20-11-/t15-/m1/s1. The van der Waals surface area contributed by atoms with Gasteiger partial charge in [0.2, 0.25) is 5.91 Å². The topological polar surface area (TPSA) is 117 Å². The van der Waals surface area contributed by atoms with Crippen molar-refractivity contribution in [1.29, 1.82) is 0 Å². The number of hydrazone groups is 1. The van der Waals surface area contributed by atoms with E-state index in [2.05, 4.69) is 15.8 Å². The molecule has 0 saturated carbocycles. The van der Waals surface area contributed by atoms with Crippen LogP contribution in [0.5, 0.6) is 5.75 Å². The highest BCUT2D eigenvalue weighted by Gasteiger charge is 2.40. The van der Waals surface area contributed by atoms with E-state index in [1.54, 1.807) is 42.5 Å². The number of ether oxygens (including phenoxy) is 1. The Morgan fingerprint density at radius 2 is 1.89 bits per heavy atom. The van der Waals surface area contributed by atoms with Gasteiger partial charge in [-0.05, 0) is 24.3 Å². The van der Waals surface area contributed by atoms with Crippen LogP contribution < -0.4 is 20.4 Å². The Morgan fingerprint density at radius 1 is 1.14 bits per heavy atom. The molecule has 2 aromatic rings. The molecule has 0 spiro atoms. The summed E-state index contributed by atoms with van der Waals surface area (Å²) >= 11 is 0. The van der Waals surface area contributed by atoms with Gasteiger partial charge in [0.1, 0.15) is 5.75 Å². The van der Waals surface area contributed by atoms with Gasteiger partial charge in [-0.2, -0.15) is 5.10 Å². The minimum atomic E-state index is -1.38. The number of benzene rings is 2. The van der Waals surface area contributed by atoms with E-state index in [-0.39, 0.29) is 5.69 Å². The fraction of sp³-hybridized carbons (Fsp3) is 0.105. The van der Waals surface area contributed by atoms with Crippen LogP contribution in [-0.4, -0.2) is 37.1 Å². The van der Waals surface area contributed by atoms with Gasteiger partial charge in [0.25, 0.3) is 11.8 Å². The molecule has 1 fully saturated rings. The highest BCUT2D eigenvalue weighted by Crippen LogP contribution is 2.24. The Labute approximate surface area is 160 Å². The van der Waals surface area contributed by atoms with Crippen molar-refractivity contribution in [2.45, 2.75) is 0 Å². The molecule has 5 amide bonds. The molecule has 1 aliphatic heterocycles. The van der Waals surface area contributed by atoms with Crippen molar-refractivity contribution >= 4 is 35.7 Å². The van der Waals surface area contributed by atoms with E-state index in [9.17, 15) is 19.2 Å². The molecule has 28 heavy (non-hydrogen) atoms. The second-order valence-electron chi connectivity index (χ2n) is 5.73. The Hall–Kier alpha value is -4.01. The zero-order chi connectivity index (χ0) is 20.1. The minimum Gasteiger partial charge on any atom is -0.497 e. The lowest BCUT2D eigenvalue weighted by Gasteiger charge is -2.28. The molecule has 2 aromatic carbocycles. The molecule has 0 unspecified atom stereocenters. The van der Waals surface area contributed by atoms with E-state index in [0.29, 0.717) is 11.3 Å². The second-order valence-corrected chi connectivity index (χ2v) is 5.73. The van der Waals surface area contributed by atoms with Gasteiger partial charge in [0, 0.05) is 17.8 Å². The van der Waals surface area contributed by atoms with Crippen molar-refractivity contribution in [2.24, 2.45) is 11.0 Å². The molecule has 1 aliphatic rings. The number of amides is 5. The average molecular weight is 380 g/mol. The summed E-state index contributed by atoms with van der Waals surface area (Å²) < 4.78 is 5.09. The highest BCUT2D eigenvalue weighted by atomic mass is 16.5. The van der Waals surface area contributed by atoms with Gasteiger partial charge < -0.3 is 4.74 Å². The number of rotatable bonds is 5. The Kier molecular flexibility index (Phi) is 5.45. The zero-order valence-electron chi connectivity index (χ0n) is 14.8. The fourth-order valence-corrected chi connectivity index (χ4v) is 2.54. The molecular weight excluding hydrogens is 364 g/mol. The Balaban J connectivity index is 1.77. The van der Waals surface area contributed by atoms with Crippen molar-refractivity contribution in [2.75, 3.05) is 12.0 Å². The van der Waals surface area contributed by atoms with E-state index >= 15 is 0 Å². The minimum absolute atomic E-state index is 0.237. The van der Waals surface area contributed by atoms with Crippen LogP contribution >= 0.6 is 0 Å². The molecule has 2 N–H and O–H groups in total. The SMILES string of the molecule is COc1cccc(N2C(=O)NC(=O)[C@@H](/C=N\NC(=O)c3ccccc3)C2=O)c1. The summed E-state index contributed by atoms with van der Waals surface area (Å²) in [6.45, 7) is 0. The number of hydrogen-bond donors (Lipinski definition) is 2. The first-order chi connectivity index (χ1) is 13.5. The predicted molar refractivity (Wildman–Crippen MR) is 99.9 cm³/mol. The maximum absolute atomic E-state index is 12.7. The quantitative estimate of drug-likeness (QED) is 0.461. The molecule has 9 heteroatoms. The molecule has 0 aliphatic carbocycles. The van der Waals surface area contributed by atoms with E-state index in [1.165, 1.54) is 19.2 Å². The maximum atomic E-state index is 12.7. The number of carbonyl (C=O) groups excluding carboxylic acids is 4. The van der Waals surface area contributed by atoms with Crippen LogP contribution in [0, 0.1) is 5.92 Å². The zero-order valence-corrected chi connectivity index (χ0v) is 14.8. The lowest BCUT2D eigenvalue weighted by molar-refractivity contribution is -0.131. The summed E-state index contributed by atoms with van der Waals surface area (Å²) in [7, 11) is 1.45. The third kappa shape index (κ3) is 3.88. The summed E-state index contributed by atoms with van der Waals surface area (Å²) in [6, 6.07) is 13.7. The number of nitrogens with zero attached hydrogens (tertiary/aromatic N) is 2. The Morgan fingerprint density at radius 3 is 2.61 bits per heavy atom. The summed E-state index contributed by atoms with van der Waals surface area (Å²) in [6.07, 6.45) is 0.984. The van der Waals surface area contributed by atoms with Gasteiger partial charge >= 0.3 is 6.03 Å². The average Bonchev–Trinajstić information content (AvgIpc) is 2.71. The fourth-order valence-electron chi connectivity index (χ4n) is 2.54.